The summed E-state index contributed by atoms with van der Waals surface area (Å²) in [6, 6.07) is 21.1. The van der Waals surface area contributed by atoms with E-state index in [0.717, 1.165) is 26.8 Å². The Morgan fingerprint density at radius 2 is 1.67 bits per heavy atom. The van der Waals surface area contributed by atoms with E-state index in [-0.39, 0.29) is 5.43 Å². The number of hydrogen-bond donors (Lipinski definition) is 0. The van der Waals surface area contributed by atoms with Gasteiger partial charge in [0.15, 0.2) is 5.43 Å². The third-order valence-electron chi connectivity index (χ3n) is 5.10. The highest BCUT2D eigenvalue weighted by atomic mass is 79.9. The third kappa shape index (κ3) is 3.53. The molecule has 2 aromatic heterocycles. The first-order valence-electron chi connectivity index (χ1n) is 9.43. The topological polar surface area (TPSA) is 52.7 Å². The molecule has 7 heteroatoms. The smallest absolute Gasteiger partial charge is 0.197 e. The molecule has 3 aromatic carbocycles. The zero-order chi connectivity index (χ0) is 20.7. The van der Waals surface area contributed by atoms with Gasteiger partial charge in [-0.3, -0.25) is 4.79 Å². The third-order valence-corrected chi connectivity index (χ3v) is 5.84. The molecule has 0 saturated heterocycles. The van der Waals surface area contributed by atoms with Crippen molar-refractivity contribution in [1.82, 2.24) is 19.6 Å². The fourth-order valence-corrected chi connectivity index (χ4v) is 4.19. The number of halogens is 2. The van der Waals surface area contributed by atoms with E-state index in [9.17, 15) is 4.79 Å². The molecule has 5 rings (SSSR count). The number of aromatic nitrogens is 4. The van der Waals surface area contributed by atoms with Crippen LogP contribution in [0.3, 0.4) is 0 Å². The van der Waals surface area contributed by atoms with Crippen LogP contribution in [-0.2, 0) is 13.1 Å². The van der Waals surface area contributed by atoms with Gasteiger partial charge in [-0.1, -0.05) is 57.0 Å². The number of benzene rings is 3. The summed E-state index contributed by atoms with van der Waals surface area (Å²) in [5.41, 5.74) is 3.70. The summed E-state index contributed by atoms with van der Waals surface area (Å²) in [6.07, 6.45) is 1.94. The van der Waals surface area contributed by atoms with Gasteiger partial charge in [-0.15, -0.1) is 5.10 Å². The summed E-state index contributed by atoms with van der Waals surface area (Å²) in [7, 11) is 0. The van der Waals surface area contributed by atoms with Crippen LogP contribution in [0.1, 0.15) is 11.3 Å². The summed E-state index contributed by atoms with van der Waals surface area (Å²) in [4.78, 5) is 13.0. The molecule has 0 fully saturated rings. The summed E-state index contributed by atoms with van der Waals surface area (Å²) >= 11 is 9.44. The van der Waals surface area contributed by atoms with Gasteiger partial charge in [-0.05, 0) is 48.0 Å². The summed E-state index contributed by atoms with van der Waals surface area (Å²) in [6.45, 7) is 1.13. The lowest BCUT2D eigenvalue weighted by atomic mass is 10.1. The van der Waals surface area contributed by atoms with Crippen LogP contribution in [-0.4, -0.2) is 19.6 Å². The lowest BCUT2D eigenvalue weighted by Gasteiger charge is -2.14. The van der Waals surface area contributed by atoms with Crippen molar-refractivity contribution in [2.24, 2.45) is 0 Å². The van der Waals surface area contributed by atoms with E-state index in [1.165, 1.54) is 0 Å². The van der Waals surface area contributed by atoms with Crippen LogP contribution in [0.5, 0.6) is 0 Å². The molecule has 5 aromatic rings. The van der Waals surface area contributed by atoms with Crippen LogP contribution in [0.15, 0.2) is 82.2 Å². The van der Waals surface area contributed by atoms with Gasteiger partial charge >= 0.3 is 0 Å². The van der Waals surface area contributed by atoms with Crippen molar-refractivity contribution in [2.45, 2.75) is 13.1 Å². The van der Waals surface area contributed by atoms with Crippen molar-refractivity contribution in [2.75, 3.05) is 0 Å². The standard InChI is InChI=1S/C23H16BrClN4O/c24-16-7-10-22-20(11-16)23(30)19-3-1-2-4-21(19)29(22)14-18-13-28(27-26-18)12-15-5-8-17(25)9-6-15/h1-11,13H,12,14H2. The van der Waals surface area contributed by atoms with Crippen LogP contribution in [0.2, 0.25) is 5.02 Å². The van der Waals surface area contributed by atoms with Crippen molar-refractivity contribution in [3.05, 3.63) is 104 Å². The van der Waals surface area contributed by atoms with E-state index in [1.54, 1.807) is 0 Å². The number of nitrogens with zero attached hydrogens (tertiary/aromatic N) is 4. The fraction of sp³-hybridized carbons (Fsp3) is 0.0870. The largest absolute Gasteiger partial charge is 0.334 e. The molecular formula is C23H16BrClN4O. The Balaban J connectivity index is 1.57. The van der Waals surface area contributed by atoms with E-state index < -0.39 is 0 Å². The number of rotatable bonds is 4. The van der Waals surface area contributed by atoms with Crippen LogP contribution < -0.4 is 5.43 Å². The monoisotopic (exact) mass is 478 g/mol. The number of hydrogen-bond acceptors (Lipinski definition) is 3. The Kier molecular flexibility index (Phi) is 4.89. The van der Waals surface area contributed by atoms with Gasteiger partial charge in [-0.25, -0.2) is 4.68 Å². The second-order valence-electron chi connectivity index (χ2n) is 7.13. The van der Waals surface area contributed by atoms with E-state index in [4.69, 9.17) is 11.6 Å². The molecule has 0 spiro atoms. The molecule has 0 bridgehead atoms. The average molecular weight is 480 g/mol. The van der Waals surface area contributed by atoms with Crippen molar-refractivity contribution < 1.29 is 0 Å². The molecule has 0 amide bonds. The molecule has 0 atom stereocenters. The lowest BCUT2D eigenvalue weighted by molar-refractivity contribution is 0.649. The molecule has 148 valence electrons. The van der Waals surface area contributed by atoms with E-state index in [0.29, 0.717) is 28.9 Å². The summed E-state index contributed by atoms with van der Waals surface area (Å²) in [5, 5.41) is 10.7. The number of para-hydroxylation sites is 1. The predicted molar refractivity (Wildman–Crippen MR) is 123 cm³/mol. The zero-order valence-corrected chi connectivity index (χ0v) is 18.1. The maximum atomic E-state index is 13.0. The predicted octanol–water partition coefficient (Wildman–Crippen LogP) is 5.26. The summed E-state index contributed by atoms with van der Waals surface area (Å²) in [5.74, 6) is 0. The molecule has 0 saturated carbocycles. The Hall–Kier alpha value is -2.96. The minimum atomic E-state index is 0.0320. The van der Waals surface area contributed by atoms with Crippen LogP contribution in [0.4, 0.5) is 0 Å². The maximum Gasteiger partial charge on any atom is 0.197 e. The van der Waals surface area contributed by atoms with Gasteiger partial charge in [0.1, 0.15) is 5.69 Å². The average Bonchev–Trinajstić information content (AvgIpc) is 3.20. The minimum absolute atomic E-state index is 0.0320. The van der Waals surface area contributed by atoms with Crippen molar-refractivity contribution >= 4 is 49.3 Å². The molecule has 5 nitrogen and oxygen atoms in total. The molecular weight excluding hydrogens is 464 g/mol. The van der Waals surface area contributed by atoms with Gasteiger partial charge < -0.3 is 4.57 Å². The van der Waals surface area contributed by atoms with E-state index >= 15 is 0 Å². The van der Waals surface area contributed by atoms with Crippen molar-refractivity contribution in [3.63, 3.8) is 0 Å². The molecule has 2 heterocycles. The Labute approximate surface area is 185 Å². The SMILES string of the molecule is O=c1c2ccccc2n(Cc2cn(Cc3ccc(Cl)cc3)nn2)c2ccc(Br)cc12. The van der Waals surface area contributed by atoms with E-state index in [2.05, 4.69) is 30.8 Å². The normalized spacial score (nSPS) is 11.4. The van der Waals surface area contributed by atoms with Gasteiger partial charge in [0, 0.05) is 20.3 Å². The lowest BCUT2D eigenvalue weighted by Crippen LogP contribution is -2.12. The second kappa shape index (κ2) is 7.70. The molecule has 0 aliphatic rings. The first-order chi connectivity index (χ1) is 14.6. The summed E-state index contributed by atoms with van der Waals surface area (Å²) < 4.78 is 4.81. The zero-order valence-electron chi connectivity index (χ0n) is 15.8. The molecule has 0 radical (unpaired) electrons. The van der Waals surface area contributed by atoms with Crippen LogP contribution in [0, 0.1) is 0 Å². The number of fused-ring (bicyclic) bond motifs is 2. The fourth-order valence-electron chi connectivity index (χ4n) is 3.70. The van der Waals surface area contributed by atoms with Crippen molar-refractivity contribution in [3.8, 4) is 0 Å². The molecule has 0 unspecified atom stereocenters. The van der Waals surface area contributed by atoms with Gasteiger partial charge in [0.05, 0.1) is 30.3 Å². The maximum absolute atomic E-state index is 13.0. The Morgan fingerprint density at radius 1 is 0.900 bits per heavy atom. The molecule has 30 heavy (non-hydrogen) atoms. The quantitative estimate of drug-likeness (QED) is 0.330. The van der Waals surface area contributed by atoms with Crippen LogP contribution in [0.25, 0.3) is 21.8 Å². The Morgan fingerprint density at radius 3 is 2.50 bits per heavy atom. The molecule has 0 N–H and O–H groups in total. The highest BCUT2D eigenvalue weighted by Crippen LogP contribution is 2.23. The minimum Gasteiger partial charge on any atom is -0.334 e. The first kappa shape index (κ1) is 19.0. The van der Waals surface area contributed by atoms with E-state index in [1.807, 2.05) is 77.6 Å². The highest BCUT2D eigenvalue weighted by Gasteiger charge is 2.13. The number of pyridine rings is 1. The van der Waals surface area contributed by atoms with Crippen molar-refractivity contribution in [1.29, 1.82) is 0 Å². The van der Waals surface area contributed by atoms with Gasteiger partial charge in [0.25, 0.3) is 0 Å². The second-order valence-corrected chi connectivity index (χ2v) is 8.48. The van der Waals surface area contributed by atoms with Crippen LogP contribution >= 0.6 is 27.5 Å². The molecule has 0 aliphatic carbocycles. The van der Waals surface area contributed by atoms with Gasteiger partial charge in [-0.2, -0.15) is 0 Å². The first-order valence-corrected chi connectivity index (χ1v) is 10.6. The van der Waals surface area contributed by atoms with Gasteiger partial charge in [0.2, 0.25) is 0 Å². The highest BCUT2D eigenvalue weighted by molar-refractivity contribution is 9.10. The molecule has 0 aliphatic heterocycles. The Bertz CT molecular complexity index is 1440.